The summed E-state index contributed by atoms with van der Waals surface area (Å²) < 4.78 is 6.12. The van der Waals surface area contributed by atoms with Gasteiger partial charge in [0.15, 0.2) is 0 Å². The second-order valence-electron chi connectivity index (χ2n) is 3.23. The molecule has 1 aromatic rings. The number of hydrogen-bond acceptors (Lipinski definition) is 4. The Labute approximate surface area is 141 Å². The van der Waals surface area contributed by atoms with E-state index in [4.69, 9.17) is 72.8 Å². The summed E-state index contributed by atoms with van der Waals surface area (Å²) in [6.07, 6.45) is -3.46. The Morgan fingerprint density at radius 2 is 1.79 bits per heavy atom. The Hall–Kier alpha value is 1.77. The number of hydrogen-bond donors (Lipinski definition) is 0. The van der Waals surface area contributed by atoms with Gasteiger partial charge in [0.05, 0.1) is 0 Å². The fourth-order valence-corrected chi connectivity index (χ4v) is 18.4. The Bertz CT molecular complexity index is 512. The van der Waals surface area contributed by atoms with E-state index < -0.39 is 19.8 Å². The molecule has 108 valence electrons. The van der Waals surface area contributed by atoms with Crippen molar-refractivity contribution in [3.05, 3.63) is 30.3 Å². The van der Waals surface area contributed by atoms with E-state index in [0.717, 1.165) is 8.56 Å². The van der Waals surface area contributed by atoms with Crippen molar-refractivity contribution >= 4 is 87.7 Å². The van der Waals surface area contributed by atoms with Crippen LogP contribution in [0, 0.1) is 0 Å². The molecule has 0 aromatic heterocycles. The summed E-state index contributed by atoms with van der Waals surface area (Å²) in [6, 6.07) is 8.77. The van der Waals surface area contributed by atoms with Crippen LogP contribution >= 0.6 is 87.7 Å². The first-order valence-electron chi connectivity index (χ1n) is 4.60. The van der Waals surface area contributed by atoms with E-state index in [-0.39, 0.29) is 0 Å². The minimum absolute atomic E-state index is 0.465. The Morgan fingerprint density at radius 3 is 2.37 bits per heavy atom. The van der Waals surface area contributed by atoms with Crippen molar-refractivity contribution in [2.24, 2.45) is 4.52 Å². The van der Waals surface area contributed by atoms with Gasteiger partial charge in [0.25, 0.3) is 0 Å². The van der Waals surface area contributed by atoms with Crippen LogP contribution < -0.4 is 4.84 Å². The van der Waals surface area contributed by atoms with Crippen LogP contribution in [-0.4, -0.2) is 8.56 Å². The molecule has 0 radical (unpaired) electrons. The molecule has 1 unspecified atom stereocenters. The fraction of sp³-hybridized carbons (Fsp3) is 0. The first-order chi connectivity index (χ1) is 8.75. The third-order valence-electron chi connectivity index (χ3n) is 1.93. The predicted octanol–water partition coefficient (Wildman–Crippen LogP) is 7.53. The van der Waals surface area contributed by atoms with Gasteiger partial charge < -0.3 is 0 Å². The molecular weight excluding hydrogens is 436 g/mol. The fourth-order valence-electron chi connectivity index (χ4n) is 1.16. The summed E-state index contributed by atoms with van der Waals surface area (Å²) in [6.45, 7) is 0. The van der Waals surface area contributed by atoms with Gasteiger partial charge in [-0.2, -0.15) is 0 Å². The summed E-state index contributed by atoms with van der Waals surface area (Å²) in [4.78, 5) is 5.55. The summed E-state index contributed by atoms with van der Waals surface area (Å²) in [5.41, 5.74) is 0. The molecule has 0 saturated heterocycles. The first kappa shape index (κ1) is 17.1. The zero-order valence-corrected chi connectivity index (χ0v) is 16.1. The summed E-state index contributed by atoms with van der Waals surface area (Å²) in [5.74, 6) is -2.61. The molecule has 0 N–H and O–H groups in total. The molecule has 0 saturated carbocycles. The van der Waals surface area contributed by atoms with Gasteiger partial charge in [0.1, 0.15) is 0 Å². The zero-order chi connectivity index (χ0) is 14.3. The molecule has 1 aliphatic heterocycles. The van der Waals surface area contributed by atoms with Gasteiger partial charge in [-0.15, -0.1) is 0 Å². The van der Waals surface area contributed by atoms with Gasteiger partial charge in [-0.1, -0.05) is 0 Å². The Balaban J connectivity index is 2.38. The number of para-hydroxylation sites is 1. The second-order valence-corrected chi connectivity index (χ2v) is 17.6. The van der Waals surface area contributed by atoms with E-state index in [1.807, 2.05) is 6.07 Å². The summed E-state index contributed by atoms with van der Waals surface area (Å²) in [5, 5.41) is 0. The van der Waals surface area contributed by atoms with Crippen molar-refractivity contribution in [2.75, 3.05) is 0 Å². The number of rotatable bonds is 2. The van der Waals surface area contributed by atoms with Crippen LogP contribution in [-0.2, 0) is 0 Å². The Morgan fingerprint density at radius 1 is 1.21 bits per heavy atom. The average Bonchev–Trinajstić information content (AvgIpc) is 2.34. The molecule has 1 aliphatic rings. The summed E-state index contributed by atoms with van der Waals surface area (Å²) >= 11 is 36.7. The van der Waals surface area contributed by atoms with Crippen molar-refractivity contribution in [2.45, 2.75) is 0 Å². The molecule has 4 nitrogen and oxygen atoms in total. The molecule has 13 heteroatoms. The number of halogens is 6. The van der Waals surface area contributed by atoms with Gasteiger partial charge in [-0.25, -0.2) is 0 Å². The number of benzene rings is 1. The van der Waals surface area contributed by atoms with E-state index in [1.54, 1.807) is 24.3 Å². The van der Waals surface area contributed by atoms with Gasteiger partial charge in [-0.3, -0.25) is 0 Å². The topological polar surface area (TPSA) is 28.1 Å². The van der Waals surface area contributed by atoms with Gasteiger partial charge >= 0.3 is 142 Å². The van der Waals surface area contributed by atoms with Crippen molar-refractivity contribution in [3.63, 3.8) is 0 Å². The molecule has 0 spiro atoms. The minimum atomic E-state index is -3.46. The van der Waals surface area contributed by atoms with Crippen molar-refractivity contribution in [1.82, 2.24) is 8.56 Å². The number of nitrogens with zero attached hydrogens (tertiary/aromatic N) is 3. The Kier molecular flexibility index (Phi) is 5.85. The quantitative estimate of drug-likeness (QED) is 0.351. The van der Waals surface area contributed by atoms with E-state index in [2.05, 4.69) is 4.52 Å². The van der Waals surface area contributed by atoms with Crippen LogP contribution in [0.2, 0.25) is 0 Å². The standard InChI is InChI=1S/C6H6Cl6N3OP3/c7-14-17(8)13-18(9,10)15(19(14,11)12)16-6-4-2-1-3-5-6/h1-5,19H. The predicted molar refractivity (Wildman–Crippen MR) is 90.4 cm³/mol. The van der Waals surface area contributed by atoms with Crippen LogP contribution in [0.15, 0.2) is 34.8 Å². The maximum absolute atomic E-state index is 6.25. The second kappa shape index (κ2) is 6.49. The van der Waals surface area contributed by atoms with E-state index in [9.17, 15) is 0 Å². The van der Waals surface area contributed by atoms with E-state index in [1.165, 1.54) is 0 Å². The van der Waals surface area contributed by atoms with Crippen molar-refractivity contribution < 1.29 is 4.84 Å². The van der Waals surface area contributed by atoms with Crippen LogP contribution in [0.5, 0.6) is 5.75 Å². The van der Waals surface area contributed by atoms with Crippen LogP contribution in [0.3, 0.4) is 0 Å². The van der Waals surface area contributed by atoms with Gasteiger partial charge in [-0.05, 0) is 0 Å². The zero-order valence-electron chi connectivity index (χ0n) is 8.80. The summed E-state index contributed by atoms with van der Waals surface area (Å²) in [7, 11) is -1.67. The molecular formula is C6H6Cl6N3OP3. The van der Waals surface area contributed by atoms with Crippen LogP contribution in [0.4, 0.5) is 0 Å². The van der Waals surface area contributed by atoms with Crippen molar-refractivity contribution in [3.8, 4) is 5.75 Å². The van der Waals surface area contributed by atoms with Gasteiger partial charge in [0.2, 0.25) is 0 Å². The molecule has 2 rings (SSSR count). The van der Waals surface area contributed by atoms with Crippen LogP contribution in [0.1, 0.15) is 0 Å². The third-order valence-corrected chi connectivity index (χ3v) is 17.9. The first-order valence-corrected chi connectivity index (χ1v) is 14.5. The van der Waals surface area contributed by atoms with E-state index in [0.29, 0.717) is 5.75 Å². The molecule has 0 amide bonds. The molecule has 1 aromatic carbocycles. The molecule has 0 aliphatic carbocycles. The third kappa shape index (κ3) is 3.76. The molecule has 19 heavy (non-hydrogen) atoms. The van der Waals surface area contributed by atoms with E-state index >= 15 is 0 Å². The van der Waals surface area contributed by atoms with Crippen LogP contribution in [0.25, 0.3) is 0 Å². The normalized spacial score (nSPS) is 28.4. The molecule has 0 bridgehead atoms. The average molecular weight is 442 g/mol. The van der Waals surface area contributed by atoms with Crippen molar-refractivity contribution in [1.29, 1.82) is 0 Å². The molecule has 1 atom stereocenters. The molecule has 0 fully saturated rings. The maximum atomic E-state index is 6.25. The monoisotopic (exact) mass is 439 g/mol. The SMILES string of the molecule is ClN1P(Cl)N=P(Cl)(Cl)N(Oc2ccccc2)[PH]1(Cl)Cl. The molecule has 1 heterocycles. The van der Waals surface area contributed by atoms with Gasteiger partial charge in [0, 0.05) is 0 Å².